The number of anilines is 1. The molecule has 0 unspecified atom stereocenters. The Kier molecular flexibility index (Phi) is 2.80. The molecule has 1 aliphatic rings. The second-order valence-electron chi connectivity index (χ2n) is 6.23. The lowest BCUT2D eigenvalue weighted by Crippen LogP contribution is -2.19. The largest absolute Gasteiger partial charge is 0.399 e. The van der Waals surface area contributed by atoms with Crippen LogP contribution in [0.2, 0.25) is 0 Å². The summed E-state index contributed by atoms with van der Waals surface area (Å²) in [5.74, 6) is 1.93. The van der Waals surface area contributed by atoms with Crippen molar-refractivity contribution in [2.24, 2.45) is 11.3 Å². The van der Waals surface area contributed by atoms with E-state index in [4.69, 9.17) is 10.7 Å². The molecule has 1 fully saturated rings. The maximum absolute atomic E-state index is 5.86. The van der Waals surface area contributed by atoms with E-state index in [1.165, 1.54) is 24.2 Å². The van der Waals surface area contributed by atoms with Crippen LogP contribution in [0.3, 0.4) is 0 Å². The molecule has 0 aliphatic heterocycles. The summed E-state index contributed by atoms with van der Waals surface area (Å²) < 4.78 is 2.42. The zero-order valence-corrected chi connectivity index (χ0v) is 12.1. The predicted molar refractivity (Wildman–Crippen MR) is 80.0 cm³/mol. The molecule has 19 heavy (non-hydrogen) atoms. The summed E-state index contributed by atoms with van der Waals surface area (Å²) in [7, 11) is 0. The van der Waals surface area contributed by atoms with Crippen molar-refractivity contribution >= 4 is 16.7 Å². The van der Waals surface area contributed by atoms with Crippen molar-refractivity contribution in [2.45, 2.75) is 46.6 Å². The fraction of sp³-hybridized carbons (Fsp3) is 0.562. The molecule has 1 saturated carbocycles. The third-order valence-electron chi connectivity index (χ3n) is 4.76. The van der Waals surface area contributed by atoms with E-state index in [1.54, 1.807) is 0 Å². The highest BCUT2D eigenvalue weighted by Gasteiger charge is 2.45. The minimum absolute atomic E-state index is 0.499. The number of hydrogen-bond acceptors (Lipinski definition) is 2. The average Bonchev–Trinajstić information content (AvgIpc) is 3.08. The molecule has 0 radical (unpaired) electrons. The molecule has 0 atom stereocenters. The molecule has 0 amide bonds. The summed E-state index contributed by atoms with van der Waals surface area (Å²) in [4.78, 5) is 4.75. The number of fused-ring (bicyclic) bond motifs is 1. The Morgan fingerprint density at radius 2 is 2.11 bits per heavy atom. The Bertz CT molecular complexity index is 606. The van der Waals surface area contributed by atoms with E-state index in [1.807, 2.05) is 12.1 Å². The number of aryl methyl sites for hydroxylation is 1. The van der Waals surface area contributed by atoms with Crippen LogP contribution in [0.4, 0.5) is 5.69 Å². The van der Waals surface area contributed by atoms with E-state index < -0.39 is 0 Å². The Morgan fingerprint density at radius 1 is 1.37 bits per heavy atom. The molecule has 0 bridgehead atoms. The maximum Gasteiger partial charge on any atom is 0.109 e. The van der Waals surface area contributed by atoms with Crippen molar-refractivity contribution < 1.29 is 0 Å². The second kappa shape index (κ2) is 4.26. The Hall–Kier alpha value is -1.51. The molecule has 3 heteroatoms. The SMILES string of the molecule is CCc1nc2cc(N)ccc2n1CC1(C(C)C)CC1. The second-order valence-corrected chi connectivity index (χ2v) is 6.23. The summed E-state index contributed by atoms with van der Waals surface area (Å²) >= 11 is 0. The first-order chi connectivity index (χ1) is 9.05. The molecule has 2 aromatic rings. The van der Waals surface area contributed by atoms with Gasteiger partial charge in [-0.15, -0.1) is 0 Å². The van der Waals surface area contributed by atoms with Crippen LogP contribution in [0.5, 0.6) is 0 Å². The Labute approximate surface area is 114 Å². The average molecular weight is 257 g/mol. The number of imidazole rings is 1. The van der Waals surface area contributed by atoms with Crippen LogP contribution >= 0.6 is 0 Å². The molecular formula is C16H23N3. The van der Waals surface area contributed by atoms with Gasteiger partial charge in [-0.3, -0.25) is 0 Å². The van der Waals surface area contributed by atoms with Crippen LogP contribution in [0.25, 0.3) is 11.0 Å². The van der Waals surface area contributed by atoms with Gasteiger partial charge in [-0.25, -0.2) is 4.98 Å². The van der Waals surface area contributed by atoms with Crippen LogP contribution in [-0.2, 0) is 13.0 Å². The van der Waals surface area contributed by atoms with E-state index in [9.17, 15) is 0 Å². The van der Waals surface area contributed by atoms with Gasteiger partial charge in [0, 0.05) is 18.7 Å². The zero-order valence-electron chi connectivity index (χ0n) is 12.1. The quantitative estimate of drug-likeness (QED) is 0.850. The lowest BCUT2D eigenvalue weighted by molar-refractivity contribution is 0.309. The number of nitrogens with two attached hydrogens (primary N) is 1. The molecule has 0 saturated heterocycles. The first kappa shape index (κ1) is 12.5. The van der Waals surface area contributed by atoms with E-state index in [-0.39, 0.29) is 0 Å². The van der Waals surface area contributed by atoms with Crippen molar-refractivity contribution in [3.05, 3.63) is 24.0 Å². The number of hydrogen-bond donors (Lipinski definition) is 1. The van der Waals surface area contributed by atoms with E-state index >= 15 is 0 Å². The van der Waals surface area contributed by atoms with Crippen molar-refractivity contribution in [1.82, 2.24) is 9.55 Å². The number of nitrogen functional groups attached to an aromatic ring is 1. The van der Waals surface area contributed by atoms with Gasteiger partial charge in [0.05, 0.1) is 11.0 Å². The summed E-state index contributed by atoms with van der Waals surface area (Å²) in [6, 6.07) is 6.09. The molecule has 3 rings (SSSR count). The van der Waals surface area contributed by atoms with Crippen molar-refractivity contribution in [3.63, 3.8) is 0 Å². The molecule has 1 aromatic carbocycles. The van der Waals surface area contributed by atoms with Crippen molar-refractivity contribution in [3.8, 4) is 0 Å². The first-order valence-corrected chi connectivity index (χ1v) is 7.30. The molecule has 0 spiro atoms. The molecule has 1 heterocycles. The van der Waals surface area contributed by atoms with Gasteiger partial charge in [-0.2, -0.15) is 0 Å². The smallest absolute Gasteiger partial charge is 0.109 e. The molecule has 1 aromatic heterocycles. The van der Waals surface area contributed by atoms with Gasteiger partial charge < -0.3 is 10.3 Å². The van der Waals surface area contributed by atoms with Crippen molar-refractivity contribution in [2.75, 3.05) is 5.73 Å². The van der Waals surface area contributed by atoms with E-state index in [0.717, 1.165) is 30.1 Å². The van der Waals surface area contributed by atoms with Gasteiger partial charge in [0.1, 0.15) is 5.82 Å². The molecule has 102 valence electrons. The first-order valence-electron chi connectivity index (χ1n) is 7.30. The molecule has 3 nitrogen and oxygen atoms in total. The summed E-state index contributed by atoms with van der Waals surface area (Å²) in [6.07, 6.45) is 3.67. The summed E-state index contributed by atoms with van der Waals surface area (Å²) in [6.45, 7) is 7.97. The third-order valence-corrected chi connectivity index (χ3v) is 4.76. The van der Waals surface area contributed by atoms with E-state index in [2.05, 4.69) is 31.4 Å². The topological polar surface area (TPSA) is 43.8 Å². The molecule has 1 aliphatic carbocycles. The standard InChI is InChI=1S/C16H23N3/c1-4-15-18-13-9-12(17)5-6-14(13)19(15)10-16(7-8-16)11(2)3/h5-6,9,11H,4,7-8,10,17H2,1-3H3. The summed E-state index contributed by atoms with van der Waals surface area (Å²) in [5, 5.41) is 0. The predicted octanol–water partition coefficient (Wildman–Crippen LogP) is 3.62. The lowest BCUT2D eigenvalue weighted by Gasteiger charge is -2.22. The minimum atomic E-state index is 0.499. The number of benzene rings is 1. The highest BCUT2D eigenvalue weighted by Crippen LogP contribution is 2.53. The van der Waals surface area contributed by atoms with Crippen LogP contribution in [-0.4, -0.2) is 9.55 Å². The monoisotopic (exact) mass is 257 g/mol. The van der Waals surface area contributed by atoms with Gasteiger partial charge in [0.2, 0.25) is 0 Å². The molecular weight excluding hydrogens is 234 g/mol. The van der Waals surface area contributed by atoms with Crippen LogP contribution in [0.1, 0.15) is 39.4 Å². The van der Waals surface area contributed by atoms with Gasteiger partial charge in [-0.1, -0.05) is 20.8 Å². The van der Waals surface area contributed by atoms with Gasteiger partial charge in [0.25, 0.3) is 0 Å². The van der Waals surface area contributed by atoms with Gasteiger partial charge in [0.15, 0.2) is 0 Å². The number of nitrogens with zero attached hydrogens (tertiary/aromatic N) is 2. The fourth-order valence-electron chi connectivity index (χ4n) is 3.04. The van der Waals surface area contributed by atoms with Crippen molar-refractivity contribution in [1.29, 1.82) is 0 Å². The summed E-state index contributed by atoms with van der Waals surface area (Å²) in [5.41, 5.74) is 9.43. The van der Waals surface area contributed by atoms with Crippen LogP contribution in [0, 0.1) is 11.3 Å². The van der Waals surface area contributed by atoms with Crippen LogP contribution in [0.15, 0.2) is 18.2 Å². The highest BCUT2D eigenvalue weighted by molar-refractivity contribution is 5.79. The minimum Gasteiger partial charge on any atom is -0.399 e. The third kappa shape index (κ3) is 2.01. The normalized spacial score (nSPS) is 17.3. The number of rotatable bonds is 4. The fourth-order valence-corrected chi connectivity index (χ4v) is 3.04. The van der Waals surface area contributed by atoms with Gasteiger partial charge in [-0.05, 0) is 42.4 Å². The lowest BCUT2D eigenvalue weighted by atomic mass is 9.92. The Morgan fingerprint density at radius 3 is 2.68 bits per heavy atom. The Balaban J connectivity index is 2.06. The van der Waals surface area contributed by atoms with Crippen LogP contribution < -0.4 is 5.73 Å². The molecule has 2 N–H and O–H groups in total. The van der Waals surface area contributed by atoms with E-state index in [0.29, 0.717) is 5.41 Å². The van der Waals surface area contributed by atoms with Gasteiger partial charge >= 0.3 is 0 Å². The maximum atomic E-state index is 5.86. The number of aromatic nitrogens is 2. The highest BCUT2D eigenvalue weighted by atomic mass is 15.1. The zero-order chi connectivity index (χ0) is 13.6.